The van der Waals surface area contributed by atoms with Gasteiger partial charge in [-0.2, -0.15) is 13.2 Å². The van der Waals surface area contributed by atoms with Crippen LogP contribution < -0.4 is 4.74 Å². The first-order chi connectivity index (χ1) is 11.4. The molecule has 2 heterocycles. The zero-order valence-electron chi connectivity index (χ0n) is 12.5. The van der Waals surface area contributed by atoms with E-state index >= 15 is 0 Å². The molecule has 1 amide bonds. The van der Waals surface area contributed by atoms with Gasteiger partial charge in [0.25, 0.3) is 5.91 Å². The van der Waals surface area contributed by atoms with E-state index in [9.17, 15) is 18.0 Å². The number of carbonyl (C=O) groups excluding carboxylic acids is 1. The molecule has 126 valence electrons. The highest BCUT2D eigenvalue weighted by molar-refractivity contribution is 5.96. The zero-order chi connectivity index (χ0) is 17.2. The van der Waals surface area contributed by atoms with Gasteiger partial charge < -0.3 is 9.64 Å². The second-order valence-corrected chi connectivity index (χ2v) is 5.35. The number of benzene rings is 1. The molecule has 0 radical (unpaired) electrons. The summed E-state index contributed by atoms with van der Waals surface area (Å²) >= 11 is 0. The number of hydrogen-bond acceptors (Lipinski definition) is 4. The molecule has 3 rings (SSSR count). The number of alkyl halides is 3. The lowest BCUT2D eigenvalue weighted by Crippen LogP contribution is -2.32. The van der Waals surface area contributed by atoms with E-state index in [1.165, 1.54) is 35.5 Å². The Labute approximate surface area is 136 Å². The summed E-state index contributed by atoms with van der Waals surface area (Å²) in [5.74, 6) is -0.650. The van der Waals surface area contributed by atoms with Crippen molar-refractivity contribution in [2.45, 2.75) is 18.7 Å². The number of amides is 1. The van der Waals surface area contributed by atoms with Crippen molar-refractivity contribution >= 4 is 5.91 Å². The average molecular weight is 337 g/mol. The minimum Gasteiger partial charge on any atom is -0.458 e. The third-order valence-electron chi connectivity index (χ3n) is 3.71. The van der Waals surface area contributed by atoms with Crippen LogP contribution in [0.4, 0.5) is 13.2 Å². The van der Waals surface area contributed by atoms with E-state index in [-0.39, 0.29) is 24.2 Å². The maximum Gasteiger partial charge on any atom is 0.417 e. The topological polar surface area (TPSA) is 55.3 Å². The van der Waals surface area contributed by atoms with Gasteiger partial charge in [-0.25, -0.2) is 9.97 Å². The van der Waals surface area contributed by atoms with Crippen LogP contribution in [0.25, 0.3) is 0 Å². The van der Waals surface area contributed by atoms with Crippen molar-refractivity contribution in [3.8, 4) is 6.01 Å². The molecule has 24 heavy (non-hydrogen) atoms. The number of ether oxygens (including phenoxy) is 1. The second-order valence-electron chi connectivity index (χ2n) is 5.35. The molecule has 1 aliphatic rings. The Balaban J connectivity index is 1.71. The normalized spacial score (nSPS) is 17.8. The molecular weight excluding hydrogens is 323 g/mol. The van der Waals surface area contributed by atoms with E-state index in [4.69, 9.17) is 4.74 Å². The number of carbonyl (C=O) groups is 1. The van der Waals surface area contributed by atoms with E-state index in [0.29, 0.717) is 13.0 Å². The molecule has 1 atom stereocenters. The molecule has 1 aromatic carbocycles. The molecule has 1 saturated heterocycles. The summed E-state index contributed by atoms with van der Waals surface area (Å²) in [4.78, 5) is 21.7. The highest BCUT2D eigenvalue weighted by Crippen LogP contribution is 2.32. The summed E-state index contributed by atoms with van der Waals surface area (Å²) in [6.45, 7) is 0.520. The summed E-state index contributed by atoms with van der Waals surface area (Å²) in [5, 5.41) is 0. The van der Waals surface area contributed by atoms with Gasteiger partial charge in [0.1, 0.15) is 6.10 Å². The van der Waals surface area contributed by atoms with E-state index in [0.717, 1.165) is 6.07 Å². The Kier molecular flexibility index (Phi) is 4.37. The number of rotatable bonds is 3. The first kappa shape index (κ1) is 16.2. The molecular formula is C16H14F3N3O2. The highest BCUT2D eigenvalue weighted by Gasteiger charge is 2.37. The van der Waals surface area contributed by atoms with Crippen LogP contribution in [-0.2, 0) is 6.18 Å². The Morgan fingerprint density at radius 1 is 1.17 bits per heavy atom. The van der Waals surface area contributed by atoms with Crippen LogP contribution in [0.3, 0.4) is 0 Å². The zero-order valence-corrected chi connectivity index (χ0v) is 12.5. The van der Waals surface area contributed by atoms with Crippen molar-refractivity contribution in [2.24, 2.45) is 0 Å². The maximum absolute atomic E-state index is 13.0. The standard InChI is InChI=1S/C16H14F3N3O2/c17-16(18,19)13-5-2-1-4-12(13)14(23)22-9-6-11(10-22)24-15-20-7-3-8-21-15/h1-5,7-8,11H,6,9-10H2/t11-/m0/s1. The first-order valence-electron chi connectivity index (χ1n) is 7.34. The average Bonchev–Trinajstić information content (AvgIpc) is 3.03. The summed E-state index contributed by atoms with van der Waals surface area (Å²) in [6.07, 6.45) is -1.34. The van der Waals surface area contributed by atoms with Gasteiger partial charge in [0.15, 0.2) is 0 Å². The number of likely N-dealkylation sites (tertiary alicyclic amines) is 1. The summed E-state index contributed by atoms with van der Waals surface area (Å²) in [5.41, 5.74) is -1.27. The van der Waals surface area contributed by atoms with Crippen LogP contribution in [0.5, 0.6) is 6.01 Å². The predicted molar refractivity (Wildman–Crippen MR) is 78.4 cm³/mol. The Morgan fingerprint density at radius 3 is 2.58 bits per heavy atom. The van der Waals surface area contributed by atoms with Crippen molar-refractivity contribution < 1.29 is 22.7 Å². The lowest BCUT2D eigenvalue weighted by molar-refractivity contribution is -0.138. The fraction of sp³-hybridized carbons (Fsp3) is 0.312. The van der Waals surface area contributed by atoms with Gasteiger partial charge in [0.05, 0.1) is 17.7 Å². The minimum absolute atomic E-state index is 0.187. The van der Waals surface area contributed by atoms with Gasteiger partial charge in [0, 0.05) is 25.4 Å². The minimum atomic E-state index is -4.57. The molecule has 8 heteroatoms. The fourth-order valence-electron chi connectivity index (χ4n) is 2.59. The lowest BCUT2D eigenvalue weighted by atomic mass is 10.1. The van der Waals surface area contributed by atoms with Gasteiger partial charge in [-0.05, 0) is 18.2 Å². The summed E-state index contributed by atoms with van der Waals surface area (Å²) in [6, 6.07) is 6.62. The third-order valence-corrected chi connectivity index (χ3v) is 3.71. The molecule has 5 nitrogen and oxygen atoms in total. The van der Waals surface area contributed by atoms with Gasteiger partial charge in [-0.1, -0.05) is 12.1 Å². The van der Waals surface area contributed by atoms with Crippen molar-refractivity contribution in [3.63, 3.8) is 0 Å². The van der Waals surface area contributed by atoms with Crippen LogP contribution in [0.15, 0.2) is 42.7 Å². The van der Waals surface area contributed by atoms with Crippen LogP contribution in [0, 0.1) is 0 Å². The van der Waals surface area contributed by atoms with Gasteiger partial charge in [-0.15, -0.1) is 0 Å². The molecule has 0 unspecified atom stereocenters. The summed E-state index contributed by atoms with van der Waals surface area (Å²) < 4.78 is 44.7. The molecule has 1 aromatic heterocycles. The smallest absolute Gasteiger partial charge is 0.417 e. The monoisotopic (exact) mass is 337 g/mol. The second kappa shape index (κ2) is 6.46. The van der Waals surface area contributed by atoms with Crippen LogP contribution >= 0.6 is 0 Å². The quantitative estimate of drug-likeness (QED) is 0.864. The van der Waals surface area contributed by atoms with Crippen LogP contribution in [0.2, 0.25) is 0 Å². The summed E-state index contributed by atoms with van der Waals surface area (Å²) in [7, 11) is 0. The number of nitrogens with zero attached hydrogens (tertiary/aromatic N) is 3. The van der Waals surface area contributed by atoms with Crippen molar-refractivity contribution in [1.82, 2.24) is 14.9 Å². The number of halogens is 3. The molecule has 0 saturated carbocycles. The third kappa shape index (κ3) is 3.47. The Morgan fingerprint density at radius 2 is 1.88 bits per heavy atom. The maximum atomic E-state index is 13.0. The molecule has 0 spiro atoms. The van der Waals surface area contributed by atoms with E-state index in [1.54, 1.807) is 6.07 Å². The van der Waals surface area contributed by atoms with Crippen LogP contribution in [-0.4, -0.2) is 40.0 Å². The highest BCUT2D eigenvalue weighted by atomic mass is 19.4. The van der Waals surface area contributed by atoms with Crippen molar-refractivity contribution in [2.75, 3.05) is 13.1 Å². The number of aromatic nitrogens is 2. The van der Waals surface area contributed by atoms with E-state index < -0.39 is 17.6 Å². The van der Waals surface area contributed by atoms with Gasteiger partial charge in [0.2, 0.25) is 0 Å². The van der Waals surface area contributed by atoms with E-state index in [1.807, 2.05) is 0 Å². The van der Waals surface area contributed by atoms with Crippen LogP contribution in [0.1, 0.15) is 22.3 Å². The molecule has 0 aliphatic carbocycles. The Hall–Kier alpha value is -2.64. The van der Waals surface area contributed by atoms with Crippen molar-refractivity contribution in [3.05, 3.63) is 53.9 Å². The first-order valence-corrected chi connectivity index (χ1v) is 7.34. The number of hydrogen-bond donors (Lipinski definition) is 0. The molecule has 1 fully saturated rings. The SMILES string of the molecule is O=C(c1ccccc1C(F)(F)F)N1CC[C@H](Oc2ncccn2)C1. The van der Waals surface area contributed by atoms with Gasteiger partial charge in [-0.3, -0.25) is 4.79 Å². The lowest BCUT2D eigenvalue weighted by Gasteiger charge is -2.19. The molecule has 1 aliphatic heterocycles. The van der Waals surface area contributed by atoms with Gasteiger partial charge >= 0.3 is 12.2 Å². The Bertz CT molecular complexity index is 722. The molecule has 0 N–H and O–H groups in total. The fourth-order valence-corrected chi connectivity index (χ4v) is 2.59. The largest absolute Gasteiger partial charge is 0.458 e. The molecule has 2 aromatic rings. The molecule has 0 bridgehead atoms. The predicted octanol–water partition coefficient (Wildman–Crippen LogP) is 2.79. The van der Waals surface area contributed by atoms with Crippen molar-refractivity contribution in [1.29, 1.82) is 0 Å². The van der Waals surface area contributed by atoms with E-state index in [2.05, 4.69) is 9.97 Å².